The highest BCUT2D eigenvalue weighted by atomic mass is 79.9. The molecule has 2 rings (SSSR count). The fraction of sp³-hybridized carbons (Fsp3) is 0.583. The van der Waals surface area contributed by atoms with Crippen molar-refractivity contribution in [1.29, 1.82) is 0 Å². The van der Waals surface area contributed by atoms with E-state index in [1.54, 1.807) is 13.3 Å². The van der Waals surface area contributed by atoms with Crippen LogP contribution in [0.5, 0.6) is 0 Å². The van der Waals surface area contributed by atoms with E-state index in [1.165, 1.54) is 36.8 Å². The molecule has 0 saturated carbocycles. The van der Waals surface area contributed by atoms with Gasteiger partial charge in [-0.15, -0.1) is 0 Å². The fourth-order valence-corrected chi connectivity index (χ4v) is 3.73. The Hall–Kier alpha value is -1.66. The molecular formula is C24H39BrN4O. The van der Waals surface area contributed by atoms with E-state index in [0.29, 0.717) is 4.48 Å². The minimum absolute atomic E-state index is 0.536. The van der Waals surface area contributed by atoms with Gasteiger partial charge in [-0.25, -0.2) is 0 Å². The van der Waals surface area contributed by atoms with E-state index < -0.39 is 0 Å². The summed E-state index contributed by atoms with van der Waals surface area (Å²) in [5.74, 6) is 0. The van der Waals surface area contributed by atoms with Gasteiger partial charge >= 0.3 is 0 Å². The predicted molar refractivity (Wildman–Crippen MR) is 132 cm³/mol. The summed E-state index contributed by atoms with van der Waals surface area (Å²) in [5.41, 5.74) is 6.29. The molecule has 1 aromatic rings. The molecule has 0 unspecified atom stereocenters. The number of aldehydes is 1. The molecule has 0 amide bonds. The van der Waals surface area contributed by atoms with E-state index in [4.69, 9.17) is 0 Å². The third-order valence-electron chi connectivity index (χ3n) is 5.21. The topological polar surface area (TPSA) is 47.9 Å². The highest BCUT2D eigenvalue weighted by Crippen LogP contribution is 2.17. The third kappa shape index (κ3) is 9.90. The number of nitrogens with one attached hydrogen (secondary N) is 1. The van der Waals surface area contributed by atoms with E-state index in [0.717, 1.165) is 51.1 Å². The van der Waals surface area contributed by atoms with Crippen LogP contribution in [0, 0.1) is 6.92 Å². The van der Waals surface area contributed by atoms with Crippen LogP contribution in [0.25, 0.3) is 0 Å². The smallest absolute Gasteiger partial charge is 0.159 e. The van der Waals surface area contributed by atoms with Crippen molar-refractivity contribution in [1.82, 2.24) is 15.2 Å². The Morgan fingerprint density at radius 3 is 2.43 bits per heavy atom. The summed E-state index contributed by atoms with van der Waals surface area (Å²) < 4.78 is 0.536. The molecule has 6 heteroatoms. The summed E-state index contributed by atoms with van der Waals surface area (Å²) in [5, 5.41) is 4.07. The molecule has 1 aliphatic heterocycles. The van der Waals surface area contributed by atoms with Gasteiger partial charge in [0.05, 0.1) is 16.4 Å². The maximum Gasteiger partial charge on any atom is 0.159 e. The molecule has 1 fully saturated rings. The first-order valence-electron chi connectivity index (χ1n) is 11.1. The predicted octanol–water partition coefficient (Wildman–Crippen LogP) is 5.10. The first-order valence-corrected chi connectivity index (χ1v) is 11.9. The van der Waals surface area contributed by atoms with Crippen LogP contribution < -0.4 is 5.43 Å². The molecule has 0 bridgehead atoms. The van der Waals surface area contributed by atoms with Gasteiger partial charge in [0.25, 0.3) is 0 Å². The van der Waals surface area contributed by atoms with Crippen LogP contribution in [0.4, 0.5) is 0 Å². The maximum atomic E-state index is 11.2. The molecule has 1 heterocycles. The third-order valence-corrected chi connectivity index (χ3v) is 5.80. The number of allylic oxidation sites excluding steroid dienone is 2. The summed E-state index contributed by atoms with van der Waals surface area (Å²) in [6, 6.07) is 8.54. The van der Waals surface area contributed by atoms with Gasteiger partial charge in [-0.3, -0.25) is 9.69 Å². The van der Waals surface area contributed by atoms with Gasteiger partial charge in [-0.05, 0) is 40.4 Å². The van der Waals surface area contributed by atoms with E-state index in [9.17, 15) is 4.79 Å². The highest BCUT2D eigenvalue weighted by Gasteiger charge is 2.18. The van der Waals surface area contributed by atoms with Crippen molar-refractivity contribution in [2.45, 2.75) is 59.4 Å². The summed E-state index contributed by atoms with van der Waals surface area (Å²) in [4.78, 5) is 15.9. The molecule has 0 aromatic heterocycles. The lowest BCUT2D eigenvalue weighted by Crippen LogP contribution is -2.31. The summed E-state index contributed by atoms with van der Waals surface area (Å²) in [7, 11) is 1.75. The van der Waals surface area contributed by atoms with E-state index in [-0.39, 0.29) is 0 Å². The number of hydrazone groups is 1. The average molecular weight is 480 g/mol. The first-order chi connectivity index (χ1) is 14.6. The van der Waals surface area contributed by atoms with Crippen molar-refractivity contribution in [2.24, 2.45) is 5.10 Å². The first kappa shape index (κ1) is 26.4. The van der Waals surface area contributed by atoms with Crippen LogP contribution in [0.1, 0.15) is 57.1 Å². The van der Waals surface area contributed by atoms with Gasteiger partial charge in [0.15, 0.2) is 6.29 Å². The Balaban J connectivity index is 0.000000656. The van der Waals surface area contributed by atoms with Crippen LogP contribution in [0.2, 0.25) is 0 Å². The number of rotatable bonds is 9. The quantitative estimate of drug-likeness (QED) is 0.176. The number of unbranched alkanes of at least 4 members (excludes halogenated alkanes) is 3. The molecule has 5 nitrogen and oxygen atoms in total. The molecule has 0 radical (unpaired) electrons. The highest BCUT2D eigenvalue weighted by molar-refractivity contribution is 9.12. The molecule has 168 valence electrons. The van der Waals surface area contributed by atoms with Gasteiger partial charge in [0.1, 0.15) is 0 Å². The van der Waals surface area contributed by atoms with Crippen LogP contribution in [-0.4, -0.2) is 55.5 Å². The summed E-state index contributed by atoms with van der Waals surface area (Å²) in [6.07, 6.45) is 9.12. The van der Waals surface area contributed by atoms with E-state index in [2.05, 4.69) is 81.3 Å². The molecule has 1 saturated heterocycles. The van der Waals surface area contributed by atoms with Gasteiger partial charge in [-0.2, -0.15) is 5.10 Å². The minimum Gasteiger partial charge on any atom is -0.368 e. The molecule has 1 aromatic carbocycles. The SMILES string of the molecule is CCCCCC.CN/N=C\C(=C(\Br)C=O)N1CCCN(Cc2ccccc2C)CC1. The van der Waals surface area contributed by atoms with Gasteiger partial charge < -0.3 is 10.3 Å². The number of nitrogens with zero attached hydrogens (tertiary/aromatic N) is 3. The van der Waals surface area contributed by atoms with Crippen molar-refractivity contribution in [3.8, 4) is 0 Å². The number of halogens is 1. The van der Waals surface area contributed by atoms with Crippen molar-refractivity contribution < 1.29 is 4.79 Å². The maximum absolute atomic E-state index is 11.2. The molecule has 30 heavy (non-hydrogen) atoms. The Bertz CT molecular complexity index is 671. The standard InChI is InChI=1S/C18H25BrN4O.C6H14/c1-15-6-3-4-7-16(15)13-22-8-5-9-23(11-10-22)18(12-21-20-2)17(19)14-24;1-3-5-6-4-2/h3-4,6-7,12,14,20H,5,8-11,13H2,1-2H3;3-6H2,1-2H3/b18-17-,21-12-;. The van der Waals surface area contributed by atoms with Crippen molar-refractivity contribution in [3.05, 3.63) is 45.6 Å². The van der Waals surface area contributed by atoms with Gasteiger partial charge in [-0.1, -0.05) is 63.8 Å². The lowest BCUT2D eigenvalue weighted by molar-refractivity contribution is -0.104. The van der Waals surface area contributed by atoms with Crippen LogP contribution in [0.3, 0.4) is 0 Å². The summed E-state index contributed by atoms with van der Waals surface area (Å²) in [6.45, 7) is 11.4. The number of hydrogen-bond donors (Lipinski definition) is 1. The normalized spacial score (nSPS) is 15.8. The van der Waals surface area contributed by atoms with Crippen LogP contribution in [0.15, 0.2) is 39.5 Å². The van der Waals surface area contributed by atoms with Crippen LogP contribution in [-0.2, 0) is 11.3 Å². The second-order valence-electron chi connectivity index (χ2n) is 7.58. The van der Waals surface area contributed by atoms with Gasteiger partial charge in [0.2, 0.25) is 0 Å². The number of hydrogen-bond acceptors (Lipinski definition) is 5. The van der Waals surface area contributed by atoms with Crippen molar-refractivity contribution in [2.75, 3.05) is 33.2 Å². The second-order valence-corrected chi connectivity index (χ2v) is 8.44. The molecule has 0 atom stereocenters. The monoisotopic (exact) mass is 478 g/mol. The average Bonchev–Trinajstić information content (AvgIpc) is 3.00. The zero-order valence-corrected chi connectivity index (χ0v) is 20.7. The lowest BCUT2D eigenvalue weighted by Gasteiger charge is -2.25. The Morgan fingerprint density at radius 2 is 1.83 bits per heavy atom. The van der Waals surface area contributed by atoms with Crippen LogP contribution >= 0.6 is 15.9 Å². The Labute approximate surface area is 191 Å². The second kappa shape index (κ2) is 16.1. The lowest BCUT2D eigenvalue weighted by atomic mass is 10.1. The molecular weight excluding hydrogens is 440 g/mol. The van der Waals surface area contributed by atoms with Crippen molar-refractivity contribution in [3.63, 3.8) is 0 Å². The fourth-order valence-electron chi connectivity index (χ4n) is 3.38. The molecule has 0 spiro atoms. The number of carbonyl (C=O) groups excluding carboxylic acids is 1. The Morgan fingerprint density at radius 1 is 1.13 bits per heavy atom. The van der Waals surface area contributed by atoms with Gasteiger partial charge in [0, 0.05) is 39.8 Å². The Kier molecular flexibility index (Phi) is 14.1. The number of benzene rings is 1. The minimum atomic E-state index is 0.536. The summed E-state index contributed by atoms with van der Waals surface area (Å²) >= 11 is 3.35. The number of carbonyl (C=O) groups is 1. The van der Waals surface area contributed by atoms with E-state index in [1.807, 2.05) is 0 Å². The zero-order chi connectivity index (χ0) is 22.2. The molecule has 1 N–H and O–H groups in total. The number of aryl methyl sites for hydroxylation is 1. The zero-order valence-electron chi connectivity index (χ0n) is 19.2. The molecule has 1 aliphatic rings. The van der Waals surface area contributed by atoms with E-state index >= 15 is 0 Å². The molecule has 0 aliphatic carbocycles. The van der Waals surface area contributed by atoms with Crippen molar-refractivity contribution >= 4 is 28.4 Å². The largest absolute Gasteiger partial charge is 0.368 e.